The molecule has 6 heteroatoms. The van der Waals surface area contributed by atoms with Crippen LogP contribution in [0.1, 0.15) is 18.1 Å². The van der Waals surface area contributed by atoms with Gasteiger partial charge in [0.1, 0.15) is 6.61 Å². The highest BCUT2D eigenvalue weighted by molar-refractivity contribution is 6.36. The van der Waals surface area contributed by atoms with Crippen LogP contribution in [-0.2, 0) is 13.2 Å². The average molecular weight is 437 g/mol. The van der Waals surface area contributed by atoms with E-state index in [0.717, 1.165) is 16.8 Å². The summed E-state index contributed by atoms with van der Waals surface area (Å²) in [5, 5.41) is 4.94. The Morgan fingerprint density at radius 2 is 1.61 bits per heavy atom. The molecule has 0 saturated carbocycles. The van der Waals surface area contributed by atoms with E-state index in [-0.39, 0.29) is 0 Å². The zero-order valence-electron chi connectivity index (χ0n) is 15.3. The summed E-state index contributed by atoms with van der Waals surface area (Å²) in [5.41, 5.74) is 2.81. The second-order valence-electron chi connectivity index (χ2n) is 6.09. The summed E-state index contributed by atoms with van der Waals surface area (Å²) < 4.78 is 11.7. The van der Waals surface area contributed by atoms with E-state index in [1.807, 2.05) is 55.5 Å². The first-order valence-electron chi connectivity index (χ1n) is 8.87. The molecule has 0 radical (unpaired) electrons. The van der Waals surface area contributed by atoms with Crippen LogP contribution >= 0.6 is 34.8 Å². The lowest BCUT2D eigenvalue weighted by Gasteiger charge is -2.16. The van der Waals surface area contributed by atoms with Gasteiger partial charge in [-0.3, -0.25) is 0 Å². The quantitative estimate of drug-likeness (QED) is 0.404. The Bertz CT molecular complexity index is 933. The molecule has 0 aliphatic heterocycles. The monoisotopic (exact) mass is 435 g/mol. The van der Waals surface area contributed by atoms with Gasteiger partial charge < -0.3 is 14.8 Å². The van der Waals surface area contributed by atoms with Crippen LogP contribution in [0.4, 0.5) is 5.69 Å². The van der Waals surface area contributed by atoms with Crippen LogP contribution in [0.3, 0.4) is 0 Å². The van der Waals surface area contributed by atoms with Crippen molar-refractivity contribution >= 4 is 40.5 Å². The van der Waals surface area contributed by atoms with Crippen LogP contribution in [0.25, 0.3) is 0 Å². The van der Waals surface area contributed by atoms with Crippen molar-refractivity contribution in [2.24, 2.45) is 0 Å². The average Bonchev–Trinajstić information content (AvgIpc) is 2.68. The summed E-state index contributed by atoms with van der Waals surface area (Å²) in [6.45, 7) is 3.38. The molecular weight excluding hydrogens is 417 g/mol. The number of ether oxygens (including phenoxy) is 2. The first kappa shape index (κ1) is 20.7. The van der Waals surface area contributed by atoms with Gasteiger partial charge in [0.15, 0.2) is 11.5 Å². The zero-order chi connectivity index (χ0) is 19.9. The van der Waals surface area contributed by atoms with Crippen molar-refractivity contribution in [2.75, 3.05) is 11.9 Å². The first-order valence-corrected chi connectivity index (χ1v) is 10.0. The molecule has 0 bridgehead atoms. The summed E-state index contributed by atoms with van der Waals surface area (Å²) in [7, 11) is 0. The molecule has 0 aliphatic rings. The predicted octanol–water partition coefficient (Wildman–Crippen LogP) is 7.24. The van der Waals surface area contributed by atoms with Gasteiger partial charge in [-0.1, -0.05) is 65.1 Å². The summed E-state index contributed by atoms with van der Waals surface area (Å²) in [4.78, 5) is 0. The third-order valence-electron chi connectivity index (χ3n) is 4.01. The van der Waals surface area contributed by atoms with Crippen molar-refractivity contribution in [3.05, 3.63) is 86.9 Å². The minimum Gasteiger partial charge on any atom is -0.490 e. The normalized spacial score (nSPS) is 10.6. The van der Waals surface area contributed by atoms with E-state index in [2.05, 4.69) is 5.32 Å². The molecule has 0 atom stereocenters. The molecule has 28 heavy (non-hydrogen) atoms. The highest BCUT2D eigenvalue weighted by atomic mass is 35.5. The summed E-state index contributed by atoms with van der Waals surface area (Å²) in [5.74, 6) is 1.16. The Morgan fingerprint density at radius 3 is 2.32 bits per heavy atom. The summed E-state index contributed by atoms with van der Waals surface area (Å²) in [6.07, 6.45) is 0. The van der Waals surface area contributed by atoms with Crippen molar-refractivity contribution in [1.82, 2.24) is 0 Å². The molecule has 0 fully saturated rings. The Morgan fingerprint density at radius 1 is 0.821 bits per heavy atom. The second kappa shape index (κ2) is 9.92. The summed E-state index contributed by atoms with van der Waals surface area (Å²) in [6, 6.07) is 19.0. The van der Waals surface area contributed by atoms with Crippen LogP contribution in [0, 0.1) is 0 Å². The van der Waals surface area contributed by atoms with E-state index >= 15 is 0 Å². The van der Waals surface area contributed by atoms with E-state index in [9.17, 15) is 0 Å². The topological polar surface area (TPSA) is 30.5 Å². The first-order chi connectivity index (χ1) is 13.6. The molecule has 3 aromatic rings. The lowest BCUT2D eigenvalue weighted by atomic mass is 10.2. The molecule has 0 unspecified atom stereocenters. The minimum atomic E-state index is 0.415. The van der Waals surface area contributed by atoms with Gasteiger partial charge in [0, 0.05) is 11.6 Å². The van der Waals surface area contributed by atoms with Gasteiger partial charge in [-0.15, -0.1) is 0 Å². The second-order valence-corrected chi connectivity index (χ2v) is 7.34. The molecule has 0 aliphatic carbocycles. The van der Waals surface area contributed by atoms with Crippen LogP contribution in [-0.4, -0.2) is 6.61 Å². The van der Waals surface area contributed by atoms with E-state index < -0.39 is 0 Å². The summed E-state index contributed by atoms with van der Waals surface area (Å²) >= 11 is 18.7. The molecular formula is C22H20Cl3NO2. The van der Waals surface area contributed by atoms with Crippen molar-refractivity contribution in [3.8, 4) is 11.5 Å². The predicted molar refractivity (Wildman–Crippen MR) is 117 cm³/mol. The van der Waals surface area contributed by atoms with E-state index in [0.29, 0.717) is 46.3 Å². The van der Waals surface area contributed by atoms with Gasteiger partial charge in [0.05, 0.1) is 22.3 Å². The molecule has 3 rings (SSSR count). The highest BCUT2D eigenvalue weighted by Gasteiger charge is 2.13. The number of hydrogen-bond acceptors (Lipinski definition) is 3. The fourth-order valence-corrected chi connectivity index (χ4v) is 3.45. The standard InChI is InChI=1S/C22H20Cl3NO2/c1-2-27-21-11-16(13-26-20-9-8-17(23)12-18(20)24)10-19(25)22(21)28-14-15-6-4-3-5-7-15/h3-12,26H,2,13-14H2,1H3. The van der Waals surface area contributed by atoms with Crippen molar-refractivity contribution in [2.45, 2.75) is 20.1 Å². The maximum Gasteiger partial charge on any atom is 0.180 e. The van der Waals surface area contributed by atoms with Crippen molar-refractivity contribution in [3.63, 3.8) is 0 Å². The van der Waals surface area contributed by atoms with Gasteiger partial charge >= 0.3 is 0 Å². The molecule has 0 heterocycles. The Hall–Kier alpha value is -2.07. The van der Waals surface area contributed by atoms with Gasteiger partial charge in [-0.05, 0) is 48.4 Å². The number of halogens is 3. The van der Waals surface area contributed by atoms with Crippen molar-refractivity contribution in [1.29, 1.82) is 0 Å². The number of nitrogens with one attached hydrogen (secondary N) is 1. The van der Waals surface area contributed by atoms with Crippen LogP contribution < -0.4 is 14.8 Å². The lowest BCUT2D eigenvalue weighted by molar-refractivity contribution is 0.269. The molecule has 1 N–H and O–H groups in total. The van der Waals surface area contributed by atoms with Crippen molar-refractivity contribution < 1.29 is 9.47 Å². The minimum absolute atomic E-state index is 0.415. The van der Waals surface area contributed by atoms with Crippen LogP contribution in [0.5, 0.6) is 11.5 Å². The largest absolute Gasteiger partial charge is 0.490 e. The van der Waals surface area contributed by atoms with E-state index in [4.69, 9.17) is 44.3 Å². The van der Waals surface area contributed by atoms with E-state index in [1.54, 1.807) is 12.1 Å². The van der Waals surface area contributed by atoms with Gasteiger partial charge in [0.25, 0.3) is 0 Å². The number of rotatable bonds is 8. The third kappa shape index (κ3) is 5.48. The Labute approximate surface area is 180 Å². The molecule has 0 aromatic heterocycles. The molecule has 0 spiro atoms. The maximum atomic E-state index is 6.49. The Balaban J connectivity index is 1.75. The zero-order valence-corrected chi connectivity index (χ0v) is 17.6. The maximum absolute atomic E-state index is 6.49. The van der Waals surface area contributed by atoms with E-state index in [1.165, 1.54) is 0 Å². The van der Waals surface area contributed by atoms with Gasteiger partial charge in [0.2, 0.25) is 0 Å². The van der Waals surface area contributed by atoms with Crippen LogP contribution in [0.2, 0.25) is 15.1 Å². The fraction of sp³-hybridized carbons (Fsp3) is 0.182. The lowest BCUT2D eigenvalue weighted by Crippen LogP contribution is -2.04. The Kier molecular flexibility index (Phi) is 7.32. The third-order valence-corrected chi connectivity index (χ3v) is 4.84. The number of benzene rings is 3. The molecule has 0 amide bonds. The fourth-order valence-electron chi connectivity index (χ4n) is 2.69. The van der Waals surface area contributed by atoms with Gasteiger partial charge in [-0.2, -0.15) is 0 Å². The molecule has 146 valence electrons. The molecule has 3 aromatic carbocycles. The highest BCUT2D eigenvalue weighted by Crippen LogP contribution is 2.37. The number of hydrogen-bond donors (Lipinski definition) is 1. The number of anilines is 1. The molecule has 0 saturated heterocycles. The smallest absolute Gasteiger partial charge is 0.180 e. The molecule has 3 nitrogen and oxygen atoms in total. The van der Waals surface area contributed by atoms with Gasteiger partial charge in [-0.25, -0.2) is 0 Å². The SMILES string of the molecule is CCOc1cc(CNc2ccc(Cl)cc2Cl)cc(Cl)c1OCc1ccccc1. The van der Waals surface area contributed by atoms with Crippen LogP contribution in [0.15, 0.2) is 60.7 Å².